The van der Waals surface area contributed by atoms with Crippen molar-refractivity contribution in [2.75, 3.05) is 6.54 Å². The zero-order chi connectivity index (χ0) is 12.5. The summed E-state index contributed by atoms with van der Waals surface area (Å²) in [6.45, 7) is 4.85. The molecule has 1 atom stereocenters. The minimum absolute atomic E-state index is 0.000956. The molecule has 1 unspecified atom stereocenters. The van der Waals surface area contributed by atoms with Crippen molar-refractivity contribution in [3.63, 3.8) is 0 Å². The number of carbonyl (C=O) groups excluding carboxylic acids is 1. The van der Waals surface area contributed by atoms with Gasteiger partial charge in [0.2, 0.25) is 5.91 Å². The number of hydrogen-bond acceptors (Lipinski definition) is 2. The highest BCUT2D eigenvalue weighted by molar-refractivity contribution is 5.80. The maximum atomic E-state index is 12.0. The lowest BCUT2D eigenvalue weighted by Crippen LogP contribution is -2.30. The molecule has 1 aromatic rings. The van der Waals surface area contributed by atoms with Gasteiger partial charge in [-0.15, -0.1) is 6.42 Å². The van der Waals surface area contributed by atoms with Crippen LogP contribution in [0, 0.1) is 17.8 Å². The first-order valence-electron chi connectivity index (χ1n) is 5.70. The summed E-state index contributed by atoms with van der Waals surface area (Å²) >= 11 is 0. The summed E-state index contributed by atoms with van der Waals surface area (Å²) in [7, 11) is 0. The molecule has 1 aromatic heterocycles. The first kappa shape index (κ1) is 11.7. The van der Waals surface area contributed by atoms with Gasteiger partial charge in [0.15, 0.2) is 0 Å². The molecular weight excluding hydrogens is 212 g/mol. The van der Waals surface area contributed by atoms with Gasteiger partial charge < -0.3 is 4.90 Å². The van der Waals surface area contributed by atoms with Crippen molar-refractivity contribution in [3.8, 4) is 12.3 Å². The van der Waals surface area contributed by atoms with Crippen LogP contribution in [0.3, 0.4) is 0 Å². The maximum Gasteiger partial charge on any atom is 0.224 e. The van der Waals surface area contributed by atoms with Crippen LogP contribution in [0.1, 0.15) is 32.0 Å². The molecule has 1 aliphatic rings. The van der Waals surface area contributed by atoms with Crippen LogP contribution in [-0.2, 0) is 4.79 Å². The molecule has 0 aromatic carbocycles. The van der Waals surface area contributed by atoms with E-state index in [1.165, 1.54) is 0 Å². The fourth-order valence-corrected chi connectivity index (χ4v) is 2.22. The predicted octanol–water partition coefficient (Wildman–Crippen LogP) is 2.01. The number of amides is 1. The molecule has 0 radical (unpaired) electrons. The quantitative estimate of drug-likeness (QED) is 0.725. The van der Waals surface area contributed by atoms with Crippen LogP contribution in [0.4, 0.5) is 0 Å². The Balaban J connectivity index is 2.27. The van der Waals surface area contributed by atoms with Gasteiger partial charge in [0, 0.05) is 19.2 Å². The van der Waals surface area contributed by atoms with Crippen molar-refractivity contribution in [3.05, 3.63) is 30.1 Å². The Kier molecular flexibility index (Phi) is 2.89. The van der Waals surface area contributed by atoms with Gasteiger partial charge in [0.1, 0.15) is 6.04 Å². The topological polar surface area (TPSA) is 33.2 Å². The molecule has 0 saturated carbocycles. The minimum atomic E-state index is -0.342. The van der Waals surface area contributed by atoms with Crippen molar-refractivity contribution >= 4 is 5.91 Å². The molecule has 88 valence electrons. The number of nitrogens with zero attached hydrogens (tertiary/aromatic N) is 2. The Labute approximate surface area is 102 Å². The normalized spacial score (nSPS) is 20.1. The molecule has 0 aliphatic carbocycles. The maximum absolute atomic E-state index is 12.0. The third kappa shape index (κ3) is 2.31. The molecule has 2 heterocycles. The largest absolute Gasteiger partial charge is 0.323 e. The van der Waals surface area contributed by atoms with Crippen molar-refractivity contribution in [1.29, 1.82) is 0 Å². The van der Waals surface area contributed by atoms with Gasteiger partial charge in [0.05, 0.1) is 5.69 Å². The highest BCUT2D eigenvalue weighted by atomic mass is 16.2. The van der Waals surface area contributed by atoms with Crippen molar-refractivity contribution in [1.82, 2.24) is 9.88 Å². The van der Waals surface area contributed by atoms with Gasteiger partial charge in [-0.3, -0.25) is 9.78 Å². The third-order valence-corrected chi connectivity index (χ3v) is 2.99. The molecule has 1 aliphatic heterocycles. The average molecular weight is 228 g/mol. The number of carbonyl (C=O) groups is 1. The van der Waals surface area contributed by atoms with Gasteiger partial charge in [-0.25, -0.2) is 0 Å². The standard InChI is InChI=1S/C14H16N2O/c1-4-12(11-7-5-6-8-15-11)16-10-14(2,3)9-13(16)17/h1,5-8,12H,9-10H2,2-3H3. The van der Waals surface area contributed by atoms with Gasteiger partial charge in [0.25, 0.3) is 0 Å². The first-order valence-corrected chi connectivity index (χ1v) is 5.70. The highest BCUT2D eigenvalue weighted by Gasteiger charge is 2.39. The molecule has 2 rings (SSSR count). The molecule has 17 heavy (non-hydrogen) atoms. The van der Waals surface area contributed by atoms with Gasteiger partial charge in [-0.05, 0) is 17.5 Å². The minimum Gasteiger partial charge on any atom is -0.323 e. The number of aromatic nitrogens is 1. The van der Waals surface area contributed by atoms with Crippen LogP contribution >= 0.6 is 0 Å². The van der Waals surface area contributed by atoms with Gasteiger partial charge in [-0.2, -0.15) is 0 Å². The Morgan fingerprint density at radius 2 is 2.29 bits per heavy atom. The van der Waals surface area contributed by atoms with E-state index in [1.807, 2.05) is 18.2 Å². The third-order valence-electron chi connectivity index (χ3n) is 2.99. The van der Waals surface area contributed by atoms with Crippen LogP contribution in [0.25, 0.3) is 0 Å². The summed E-state index contributed by atoms with van der Waals surface area (Å²) in [5, 5.41) is 0. The summed E-state index contributed by atoms with van der Waals surface area (Å²) in [4.78, 5) is 18.0. The second kappa shape index (κ2) is 4.21. The number of likely N-dealkylation sites (tertiary alicyclic amines) is 1. The molecule has 1 fully saturated rings. The average Bonchev–Trinajstić information content (AvgIpc) is 2.55. The van der Waals surface area contributed by atoms with E-state index in [2.05, 4.69) is 24.8 Å². The Morgan fingerprint density at radius 3 is 2.76 bits per heavy atom. The number of terminal acetylenes is 1. The van der Waals surface area contributed by atoms with Gasteiger partial charge in [-0.1, -0.05) is 25.8 Å². The van der Waals surface area contributed by atoms with E-state index in [-0.39, 0.29) is 17.4 Å². The van der Waals surface area contributed by atoms with Crippen LogP contribution in [0.5, 0.6) is 0 Å². The van der Waals surface area contributed by atoms with Crippen LogP contribution < -0.4 is 0 Å². The zero-order valence-electron chi connectivity index (χ0n) is 10.2. The van der Waals surface area contributed by atoms with E-state index < -0.39 is 0 Å². The van der Waals surface area contributed by atoms with Gasteiger partial charge >= 0.3 is 0 Å². The summed E-state index contributed by atoms with van der Waals surface area (Å²) in [6, 6.07) is 5.25. The van der Waals surface area contributed by atoms with Crippen LogP contribution in [0.15, 0.2) is 24.4 Å². The number of pyridine rings is 1. The van der Waals surface area contributed by atoms with Crippen molar-refractivity contribution in [2.24, 2.45) is 5.41 Å². The molecule has 1 amide bonds. The van der Waals surface area contributed by atoms with E-state index in [0.29, 0.717) is 13.0 Å². The smallest absolute Gasteiger partial charge is 0.224 e. The fourth-order valence-electron chi connectivity index (χ4n) is 2.22. The zero-order valence-corrected chi connectivity index (χ0v) is 10.2. The Morgan fingerprint density at radius 1 is 1.53 bits per heavy atom. The number of rotatable bonds is 2. The van der Waals surface area contributed by atoms with Crippen LogP contribution in [0.2, 0.25) is 0 Å². The van der Waals surface area contributed by atoms with Crippen molar-refractivity contribution in [2.45, 2.75) is 26.3 Å². The number of hydrogen-bond donors (Lipinski definition) is 0. The molecule has 0 bridgehead atoms. The monoisotopic (exact) mass is 228 g/mol. The lowest BCUT2D eigenvalue weighted by atomic mass is 9.93. The first-order chi connectivity index (χ1) is 8.03. The lowest BCUT2D eigenvalue weighted by Gasteiger charge is -2.25. The lowest BCUT2D eigenvalue weighted by molar-refractivity contribution is -0.129. The highest BCUT2D eigenvalue weighted by Crippen LogP contribution is 2.34. The Hall–Kier alpha value is -1.82. The SMILES string of the molecule is C#CC(c1ccccn1)N1CC(C)(C)CC1=O. The molecule has 3 heteroatoms. The summed E-state index contributed by atoms with van der Waals surface area (Å²) in [5.41, 5.74) is 0.766. The summed E-state index contributed by atoms with van der Waals surface area (Å²) in [6.07, 6.45) is 7.80. The summed E-state index contributed by atoms with van der Waals surface area (Å²) in [5.74, 6) is 2.79. The molecule has 0 spiro atoms. The Bertz CT molecular complexity index is 459. The van der Waals surface area contributed by atoms with E-state index in [0.717, 1.165) is 5.69 Å². The predicted molar refractivity (Wildman–Crippen MR) is 65.9 cm³/mol. The van der Waals surface area contributed by atoms with Crippen LogP contribution in [-0.4, -0.2) is 22.3 Å². The van der Waals surface area contributed by atoms with E-state index in [4.69, 9.17) is 6.42 Å². The van der Waals surface area contributed by atoms with E-state index in [1.54, 1.807) is 11.1 Å². The second-order valence-electron chi connectivity index (χ2n) is 5.19. The molecule has 1 saturated heterocycles. The second-order valence-corrected chi connectivity index (χ2v) is 5.19. The van der Waals surface area contributed by atoms with Crippen molar-refractivity contribution < 1.29 is 4.79 Å². The summed E-state index contributed by atoms with van der Waals surface area (Å²) < 4.78 is 0. The van der Waals surface area contributed by atoms with E-state index >= 15 is 0 Å². The molecule has 0 N–H and O–H groups in total. The molecule has 3 nitrogen and oxygen atoms in total. The fraction of sp³-hybridized carbons (Fsp3) is 0.429. The molecular formula is C14H16N2O. The van der Waals surface area contributed by atoms with E-state index in [9.17, 15) is 4.79 Å².